The molecule has 0 aliphatic heterocycles. The zero-order valence-electron chi connectivity index (χ0n) is 13.3. The first-order chi connectivity index (χ1) is 11.8. The fraction of sp³-hybridized carbons (Fsp3) is 0.100. The van der Waals surface area contributed by atoms with Gasteiger partial charge in [0.1, 0.15) is 12.4 Å². The van der Waals surface area contributed by atoms with E-state index in [1.807, 2.05) is 54.6 Å². The largest absolute Gasteiger partial charge is 0.496 e. The second kappa shape index (κ2) is 7.42. The molecule has 0 bridgehead atoms. The van der Waals surface area contributed by atoms with E-state index in [2.05, 4.69) is 4.98 Å². The maximum atomic E-state index is 12.0. The van der Waals surface area contributed by atoms with Crippen molar-refractivity contribution in [3.05, 3.63) is 78.0 Å². The van der Waals surface area contributed by atoms with Gasteiger partial charge in [0.05, 0.1) is 12.6 Å². The molecule has 4 nitrogen and oxygen atoms in total. The molecule has 3 aromatic rings. The van der Waals surface area contributed by atoms with Crippen molar-refractivity contribution in [3.8, 4) is 5.75 Å². The molecule has 0 amide bonds. The monoisotopic (exact) mass is 319 g/mol. The van der Waals surface area contributed by atoms with Gasteiger partial charge in [-0.05, 0) is 18.2 Å². The fourth-order valence-corrected chi connectivity index (χ4v) is 2.44. The Kier molecular flexibility index (Phi) is 4.87. The van der Waals surface area contributed by atoms with Crippen molar-refractivity contribution < 1.29 is 14.3 Å². The fourth-order valence-electron chi connectivity index (χ4n) is 2.44. The molecule has 0 fully saturated rings. The predicted octanol–water partition coefficient (Wildman–Crippen LogP) is 4.00. The molecule has 0 aliphatic carbocycles. The maximum absolute atomic E-state index is 12.0. The molecule has 0 aliphatic rings. The average Bonchev–Trinajstić information content (AvgIpc) is 2.64. The summed E-state index contributed by atoms with van der Waals surface area (Å²) >= 11 is 0. The molecule has 4 heteroatoms. The molecule has 0 saturated carbocycles. The lowest BCUT2D eigenvalue weighted by Crippen LogP contribution is -2.02. The van der Waals surface area contributed by atoms with Crippen LogP contribution < -0.4 is 4.74 Å². The van der Waals surface area contributed by atoms with Crippen molar-refractivity contribution in [2.75, 3.05) is 7.11 Å². The van der Waals surface area contributed by atoms with Crippen molar-refractivity contribution >= 4 is 22.9 Å². The highest BCUT2D eigenvalue weighted by Crippen LogP contribution is 2.19. The van der Waals surface area contributed by atoms with Gasteiger partial charge in [-0.25, -0.2) is 4.79 Å². The van der Waals surface area contributed by atoms with Crippen LogP contribution in [0.15, 0.2) is 66.9 Å². The Balaban J connectivity index is 1.69. The van der Waals surface area contributed by atoms with Crippen molar-refractivity contribution in [2.45, 2.75) is 6.61 Å². The molecular formula is C20H17NO3. The number of aromatic nitrogens is 1. The Morgan fingerprint density at radius 3 is 2.79 bits per heavy atom. The van der Waals surface area contributed by atoms with Crippen LogP contribution in [0.25, 0.3) is 17.0 Å². The molecule has 0 unspecified atom stereocenters. The lowest BCUT2D eigenvalue weighted by Gasteiger charge is -2.07. The topological polar surface area (TPSA) is 48.4 Å². The number of hydrogen-bond donors (Lipinski definition) is 0. The molecule has 0 atom stereocenters. The third kappa shape index (κ3) is 3.60. The summed E-state index contributed by atoms with van der Waals surface area (Å²) in [6, 6.07) is 17.2. The van der Waals surface area contributed by atoms with Gasteiger partial charge in [-0.2, -0.15) is 0 Å². The second-order valence-corrected chi connectivity index (χ2v) is 5.18. The summed E-state index contributed by atoms with van der Waals surface area (Å²) in [5.41, 5.74) is 2.56. The van der Waals surface area contributed by atoms with Crippen LogP contribution >= 0.6 is 0 Å². The van der Waals surface area contributed by atoms with Gasteiger partial charge < -0.3 is 9.47 Å². The number of carbonyl (C=O) groups excluding carboxylic acids is 1. The molecule has 0 saturated heterocycles. The number of benzene rings is 2. The van der Waals surface area contributed by atoms with Crippen molar-refractivity contribution in [3.63, 3.8) is 0 Å². The highest BCUT2D eigenvalue weighted by molar-refractivity contribution is 5.92. The Hall–Kier alpha value is -3.14. The maximum Gasteiger partial charge on any atom is 0.331 e. The third-order valence-electron chi connectivity index (χ3n) is 3.63. The SMILES string of the molecule is COc1ccccc1COC(=O)/C=C/c1cccc2cccnc12. The van der Waals surface area contributed by atoms with E-state index >= 15 is 0 Å². The molecule has 2 aromatic carbocycles. The van der Waals surface area contributed by atoms with E-state index in [4.69, 9.17) is 9.47 Å². The minimum absolute atomic E-state index is 0.168. The number of ether oxygens (including phenoxy) is 2. The number of esters is 1. The van der Waals surface area contributed by atoms with Crippen LogP contribution in [-0.2, 0) is 16.1 Å². The highest BCUT2D eigenvalue weighted by atomic mass is 16.5. The lowest BCUT2D eigenvalue weighted by molar-refractivity contribution is -0.138. The molecule has 24 heavy (non-hydrogen) atoms. The van der Waals surface area contributed by atoms with E-state index in [9.17, 15) is 4.79 Å². The summed E-state index contributed by atoms with van der Waals surface area (Å²) in [6.45, 7) is 0.168. The first-order valence-corrected chi connectivity index (χ1v) is 7.58. The first kappa shape index (κ1) is 15.7. The second-order valence-electron chi connectivity index (χ2n) is 5.18. The van der Waals surface area contributed by atoms with Crippen LogP contribution in [0.1, 0.15) is 11.1 Å². The van der Waals surface area contributed by atoms with E-state index in [1.54, 1.807) is 19.4 Å². The van der Waals surface area contributed by atoms with Crippen LogP contribution in [0.3, 0.4) is 0 Å². The van der Waals surface area contributed by atoms with Gasteiger partial charge in [-0.3, -0.25) is 4.98 Å². The number of rotatable bonds is 5. The number of methoxy groups -OCH3 is 1. The Labute approximate surface area is 140 Å². The summed E-state index contributed by atoms with van der Waals surface area (Å²) in [6.07, 6.45) is 4.87. The molecule has 120 valence electrons. The van der Waals surface area contributed by atoms with Gasteiger partial charge in [-0.15, -0.1) is 0 Å². The van der Waals surface area contributed by atoms with Crippen molar-refractivity contribution in [1.82, 2.24) is 4.98 Å². The number of carbonyl (C=O) groups is 1. The molecular weight excluding hydrogens is 302 g/mol. The minimum atomic E-state index is -0.408. The van der Waals surface area contributed by atoms with Crippen LogP contribution in [0.4, 0.5) is 0 Å². The number of pyridine rings is 1. The summed E-state index contributed by atoms with van der Waals surface area (Å²) in [5, 5.41) is 1.03. The number of fused-ring (bicyclic) bond motifs is 1. The Morgan fingerprint density at radius 2 is 1.92 bits per heavy atom. The number of hydrogen-bond acceptors (Lipinski definition) is 4. The molecule has 0 spiro atoms. The van der Waals surface area contributed by atoms with Crippen LogP contribution in [0, 0.1) is 0 Å². The Bertz CT molecular complexity index is 881. The van der Waals surface area contributed by atoms with E-state index in [-0.39, 0.29) is 6.61 Å². The zero-order valence-corrected chi connectivity index (χ0v) is 13.3. The normalized spacial score (nSPS) is 10.9. The molecule has 0 radical (unpaired) electrons. The van der Waals surface area contributed by atoms with Gasteiger partial charge in [0.25, 0.3) is 0 Å². The van der Waals surface area contributed by atoms with Gasteiger partial charge >= 0.3 is 5.97 Å². The lowest BCUT2D eigenvalue weighted by atomic mass is 10.1. The van der Waals surface area contributed by atoms with Gasteiger partial charge in [0.15, 0.2) is 0 Å². The van der Waals surface area contributed by atoms with Crippen LogP contribution in [0.2, 0.25) is 0 Å². The quantitative estimate of drug-likeness (QED) is 0.527. The van der Waals surface area contributed by atoms with Gasteiger partial charge in [0, 0.05) is 28.8 Å². The molecule has 0 N–H and O–H groups in total. The minimum Gasteiger partial charge on any atom is -0.496 e. The number of nitrogens with zero attached hydrogens (tertiary/aromatic N) is 1. The molecule has 1 aromatic heterocycles. The van der Waals surface area contributed by atoms with E-state index < -0.39 is 5.97 Å². The zero-order chi connectivity index (χ0) is 16.8. The Morgan fingerprint density at radius 1 is 1.08 bits per heavy atom. The van der Waals surface area contributed by atoms with Gasteiger partial charge in [0.2, 0.25) is 0 Å². The van der Waals surface area contributed by atoms with Crippen LogP contribution in [-0.4, -0.2) is 18.1 Å². The molecule has 1 heterocycles. The summed E-state index contributed by atoms with van der Waals surface area (Å²) in [5.74, 6) is 0.293. The summed E-state index contributed by atoms with van der Waals surface area (Å²) in [4.78, 5) is 16.3. The summed E-state index contributed by atoms with van der Waals surface area (Å²) in [7, 11) is 1.59. The standard InChI is InChI=1S/C20H17NO3/c1-23-18-10-3-2-6-17(18)14-24-19(22)12-11-16-8-4-7-15-9-5-13-21-20(15)16/h2-13H,14H2,1H3/b12-11+. The van der Waals surface area contributed by atoms with Gasteiger partial charge in [-0.1, -0.05) is 42.5 Å². The third-order valence-corrected chi connectivity index (χ3v) is 3.63. The van der Waals surface area contributed by atoms with Crippen molar-refractivity contribution in [2.24, 2.45) is 0 Å². The number of para-hydroxylation sites is 2. The van der Waals surface area contributed by atoms with Crippen molar-refractivity contribution in [1.29, 1.82) is 0 Å². The average molecular weight is 319 g/mol. The van der Waals surface area contributed by atoms with E-state index in [1.165, 1.54) is 6.08 Å². The first-order valence-electron chi connectivity index (χ1n) is 7.58. The van der Waals surface area contributed by atoms with E-state index in [0.717, 1.165) is 22.0 Å². The predicted molar refractivity (Wildman–Crippen MR) is 93.6 cm³/mol. The summed E-state index contributed by atoms with van der Waals surface area (Å²) < 4.78 is 10.5. The smallest absolute Gasteiger partial charge is 0.331 e. The van der Waals surface area contributed by atoms with Crippen LogP contribution in [0.5, 0.6) is 5.75 Å². The van der Waals surface area contributed by atoms with E-state index in [0.29, 0.717) is 5.75 Å². The highest BCUT2D eigenvalue weighted by Gasteiger charge is 2.05. The molecule has 3 rings (SSSR count).